The molecule has 0 radical (unpaired) electrons. The predicted molar refractivity (Wildman–Crippen MR) is 122 cm³/mol. The number of carbonyl (C=O) groups is 2. The maximum absolute atomic E-state index is 13.3. The van der Waals surface area contributed by atoms with Crippen LogP contribution in [0, 0.1) is 0 Å². The van der Waals surface area contributed by atoms with Gasteiger partial charge in [-0.1, -0.05) is 23.7 Å². The lowest BCUT2D eigenvalue weighted by atomic mass is 10.1. The third-order valence-electron chi connectivity index (χ3n) is 5.53. The molecule has 33 heavy (non-hydrogen) atoms. The van der Waals surface area contributed by atoms with Crippen molar-refractivity contribution in [3.63, 3.8) is 0 Å². The van der Waals surface area contributed by atoms with E-state index in [1.54, 1.807) is 36.1 Å². The number of hydrogen-bond acceptors (Lipinski definition) is 6. The molecule has 0 aliphatic carbocycles. The van der Waals surface area contributed by atoms with Gasteiger partial charge in [0.1, 0.15) is 16.4 Å². The number of nitrogens with zero attached hydrogens (tertiary/aromatic N) is 2. The number of fused-ring (bicyclic) bond motifs is 1. The van der Waals surface area contributed by atoms with E-state index in [0.29, 0.717) is 23.6 Å². The van der Waals surface area contributed by atoms with Crippen LogP contribution in [-0.4, -0.2) is 68.3 Å². The van der Waals surface area contributed by atoms with Crippen LogP contribution in [0.4, 0.5) is 5.69 Å². The summed E-state index contributed by atoms with van der Waals surface area (Å²) >= 11 is 6.26. The first-order chi connectivity index (χ1) is 15.7. The third-order valence-corrected chi connectivity index (χ3v) is 7.89. The summed E-state index contributed by atoms with van der Waals surface area (Å²) in [6, 6.07) is 9.70. The molecule has 1 atom stereocenters. The molecule has 1 N–H and O–H groups in total. The maximum Gasteiger partial charge on any atom is 0.265 e. The molecule has 0 saturated carbocycles. The molecule has 9 nitrogen and oxygen atoms in total. The fourth-order valence-electron chi connectivity index (χ4n) is 3.77. The molecule has 176 valence electrons. The average molecular weight is 494 g/mol. The van der Waals surface area contributed by atoms with Crippen molar-refractivity contribution in [3.8, 4) is 11.5 Å². The highest BCUT2D eigenvalue weighted by Gasteiger charge is 2.34. The first-order valence-electron chi connectivity index (χ1n) is 10.5. The molecule has 1 saturated heterocycles. The summed E-state index contributed by atoms with van der Waals surface area (Å²) in [5.41, 5.74) is 0.770. The Labute approximate surface area is 197 Å². The molecular weight excluding hydrogens is 470 g/mol. The van der Waals surface area contributed by atoms with Crippen LogP contribution in [0.1, 0.15) is 24.2 Å². The van der Waals surface area contributed by atoms with Crippen molar-refractivity contribution in [1.82, 2.24) is 9.21 Å². The monoisotopic (exact) mass is 493 g/mol. The molecule has 2 amide bonds. The topological polar surface area (TPSA) is 105 Å². The highest BCUT2D eigenvalue weighted by Crippen LogP contribution is 2.38. The summed E-state index contributed by atoms with van der Waals surface area (Å²) in [5, 5.41) is 2.63. The zero-order valence-electron chi connectivity index (χ0n) is 18.2. The minimum atomic E-state index is -3.94. The van der Waals surface area contributed by atoms with E-state index in [1.807, 2.05) is 6.92 Å². The van der Waals surface area contributed by atoms with Gasteiger partial charge in [-0.25, -0.2) is 8.42 Å². The van der Waals surface area contributed by atoms with Gasteiger partial charge in [0, 0.05) is 32.2 Å². The zero-order valence-corrected chi connectivity index (χ0v) is 19.8. The van der Waals surface area contributed by atoms with Crippen LogP contribution >= 0.6 is 11.6 Å². The smallest absolute Gasteiger partial charge is 0.265 e. The normalized spacial score (nSPS) is 18.8. The molecule has 2 aliphatic rings. The van der Waals surface area contributed by atoms with E-state index in [2.05, 4.69) is 5.32 Å². The van der Waals surface area contributed by atoms with Crippen molar-refractivity contribution in [2.75, 3.05) is 38.1 Å². The number of hydrogen-bond donors (Lipinski definition) is 1. The Morgan fingerprint density at radius 1 is 1.21 bits per heavy atom. The van der Waals surface area contributed by atoms with Gasteiger partial charge in [-0.3, -0.25) is 9.59 Å². The summed E-state index contributed by atoms with van der Waals surface area (Å²) in [6.45, 7) is 4.54. The van der Waals surface area contributed by atoms with E-state index in [1.165, 1.54) is 16.4 Å². The molecular formula is C22H24ClN3O6S. The SMILES string of the molecule is CCOc1ccccc1C(=O)N1CCN(S(=O)(=O)c2cc3c(cc2Cl)NC(=O)C(C)O3)CC1. The highest BCUT2D eigenvalue weighted by molar-refractivity contribution is 7.89. The van der Waals surface area contributed by atoms with Gasteiger partial charge in [0.05, 0.1) is 22.9 Å². The predicted octanol–water partition coefficient (Wildman–Crippen LogP) is 2.60. The Balaban J connectivity index is 1.51. The number of nitrogens with one attached hydrogen (secondary N) is 1. The first kappa shape index (κ1) is 23.3. The van der Waals surface area contributed by atoms with Gasteiger partial charge in [0.2, 0.25) is 10.0 Å². The number of amides is 2. The van der Waals surface area contributed by atoms with Crippen LogP contribution in [-0.2, 0) is 14.8 Å². The lowest BCUT2D eigenvalue weighted by Gasteiger charge is -2.34. The summed E-state index contributed by atoms with van der Waals surface area (Å²) in [5.74, 6) is 0.204. The summed E-state index contributed by atoms with van der Waals surface area (Å²) in [4.78, 5) is 26.3. The van der Waals surface area contributed by atoms with Gasteiger partial charge < -0.3 is 19.7 Å². The second-order valence-electron chi connectivity index (χ2n) is 7.65. The van der Waals surface area contributed by atoms with E-state index in [9.17, 15) is 18.0 Å². The minimum Gasteiger partial charge on any atom is -0.493 e. The van der Waals surface area contributed by atoms with E-state index in [4.69, 9.17) is 21.1 Å². The maximum atomic E-state index is 13.3. The average Bonchev–Trinajstić information content (AvgIpc) is 2.80. The summed E-state index contributed by atoms with van der Waals surface area (Å²) in [7, 11) is -3.94. The number of anilines is 1. The van der Waals surface area contributed by atoms with Gasteiger partial charge in [-0.15, -0.1) is 0 Å². The van der Waals surface area contributed by atoms with E-state index in [0.717, 1.165) is 0 Å². The molecule has 1 unspecified atom stereocenters. The molecule has 2 heterocycles. The fourth-order valence-corrected chi connectivity index (χ4v) is 5.71. The van der Waals surface area contributed by atoms with E-state index >= 15 is 0 Å². The molecule has 0 aromatic heterocycles. The third kappa shape index (κ3) is 4.50. The van der Waals surface area contributed by atoms with Crippen LogP contribution in [0.25, 0.3) is 0 Å². The van der Waals surface area contributed by atoms with Gasteiger partial charge in [-0.05, 0) is 32.0 Å². The number of benzene rings is 2. The zero-order chi connectivity index (χ0) is 23.8. The van der Waals surface area contributed by atoms with Crippen molar-refractivity contribution in [1.29, 1.82) is 0 Å². The second-order valence-corrected chi connectivity index (χ2v) is 9.97. The standard InChI is InChI=1S/C22H24ClN3O6S/c1-3-31-18-7-5-4-6-15(18)22(28)25-8-10-26(11-9-25)33(29,30)20-13-19-17(12-16(20)23)24-21(27)14(2)32-19/h4-7,12-14H,3,8-11H2,1-2H3,(H,24,27). The van der Waals surface area contributed by atoms with Gasteiger partial charge >= 0.3 is 0 Å². The molecule has 0 spiro atoms. The first-order valence-corrected chi connectivity index (χ1v) is 12.4. The Hall–Kier alpha value is -2.82. The Kier molecular flexibility index (Phi) is 6.51. The lowest BCUT2D eigenvalue weighted by Crippen LogP contribution is -2.50. The van der Waals surface area contributed by atoms with E-state index < -0.39 is 16.1 Å². The highest BCUT2D eigenvalue weighted by atomic mass is 35.5. The molecule has 11 heteroatoms. The van der Waals surface area contributed by atoms with Crippen molar-refractivity contribution in [3.05, 3.63) is 47.0 Å². The summed E-state index contributed by atoms with van der Waals surface area (Å²) < 4.78 is 39.0. The van der Waals surface area contributed by atoms with Gasteiger partial charge in [0.15, 0.2) is 6.10 Å². The molecule has 2 aromatic rings. The Morgan fingerprint density at radius 3 is 2.61 bits per heavy atom. The van der Waals surface area contributed by atoms with E-state index in [-0.39, 0.29) is 53.7 Å². The molecule has 1 fully saturated rings. The second kappa shape index (κ2) is 9.20. The fraction of sp³-hybridized carbons (Fsp3) is 0.364. The Morgan fingerprint density at radius 2 is 1.91 bits per heavy atom. The molecule has 2 aromatic carbocycles. The number of halogens is 1. The number of rotatable bonds is 5. The molecule has 0 bridgehead atoms. The van der Waals surface area contributed by atoms with Crippen LogP contribution in [0.3, 0.4) is 0 Å². The van der Waals surface area contributed by atoms with Crippen LogP contribution < -0.4 is 14.8 Å². The van der Waals surface area contributed by atoms with Gasteiger partial charge in [0.25, 0.3) is 11.8 Å². The van der Waals surface area contributed by atoms with Crippen molar-refractivity contribution in [2.45, 2.75) is 24.8 Å². The lowest BCUT2D eigenvalue weighted by molar-refractivity contribution is -0.122. The van der Waals surface area contributed by atoms with Crippen molar-refractivity contribution < 1.29 is 27.5 Å². The van der Waals surface area contributed by atoms with Crippen LogP contribution in [0.5, 0.6) is 11.5 Å². The van der Waals surface area contributed by atoms with Crippen LogP contribution in [0.15, 0.2) is 41.3 Å². The quantitative estimate of drug-likeness (QED) is 0.686. The van der Waals surface area contributed by atoms with Gasteiger partial charge in [-0.2, -0.15) is 4.31 Å². The van der Waals surface area contributed by atoms with Crippen LogP contribution in [0.2, 0.25) is 5.02 Å². The van der Waals surface area contributed by atoms with Crippen molar-refractivity contribution in [2.24, 2.45) is 0 Å². The number of para-hydroxylation sites is 1. The number of piperazine rings is 1. The Bertz CT molecular complexity index is 1190. The number of ether oxygens (including phenoxy) is 2. The number of carbonyl (C=O) groups excluding carboxylic acids is 2. The minimum absolute atomic E-state index is 0.0173. The summed E-state index contributed by atoms with van der Waals surface area (Å²) in [6.07, 6.45) is -0.747. The largest absolute Gasteiger partial charge is 0.493 e. The molecule has 4 rings (SSSR count). The number of sulfonamides is 1. The molecule has 2 aliphatic heterocycles. The van der Waals surface area contributed by atoms with Crippen molar-refractivity contribution >= 4 is 39.1 Å².